The minimum atomic E-state index is -2.18. The summed E-state index contributed by atoms with van der Waals surface area (Å²) in [7, 11) is -0.920. The number of carbonyl (C=O) groups is 3. The van der Waals surface area contributed by atoms with Crippen LogP contribution in [0, 0.1) is 17.8 Å². The van der Waals surface area contributed by atoms with E-state index in [2.05, 4.69) is 13.5 Å². The molecule has 1 aliphatic rings. The van der Waals surface area contributed by atoms with Crippen molar-refractivity contribution in [1.29, 1.82) is 0 Å². The van der Waals surface area contributed by atoms with E-state index in [1.807, 2.05) is 26.6 Å². The van der Waals surface area contributed by atoms with Crippen LogP contribution in [0.25, 0.3) is 0 Å². The lowest BCUT2D eigenvalue weighted by molar-refractivity contribution is -0.165. The molecule has 0 unspecified atom stereocenters. The van der Waals surface area contributed by atoms with E-state index < -0.39 is 25.8 Å². The number of methoxy groups -OCH3 is 1. The summed E-state index contributed by atoms with van der Waals surface area (Å²) in [5.41, 5.74) is 1.10. The second-order valence-electron chi connectivity index (χ2n) is 8.81. The fraction of sp³-hybridized carbons (Fsp3) is 0.667. The highest BCUT2D eigenvalue weighted by Crippen LogP contribution is 2.41. The average molecular weight is 395 g/mol. The summed E-state index contributed by atoms with van der Waals surface area (Å²) in [6, 6.07) is 0. The normalized spacial score (nSPS) is 23.6. The van der Waals surface area contributed by atoms with Gasteiger partial charge in [-0.1, -0.05) is 31.6 Å². The van der Waals surface area contributed by atoms with Crippen LogP contribution in [0.2, 0.25) is 19.6 Å². The predicted octanol–water partition coefficient (Wildman–Crippen LogP) is 4.09. The molecule has 0 aromatic rings. The van der Waals surface area contributed by atoms with Gasteiger partial charge in [-0.3, -0.25) is 9.59 Å². The van der Waals surface area contributed by atoms with Gasteiger partial charge < -0.3 is 9.16 Å². The van der Waals surface area contributed by atoms with Crippen molar-refractivity contribution in [3.05, 3.63) is 23.3 Å². The summed E-state index contributed by atoms with van der Waals surface area (Å²) in [4.78, 5) is 37.0. The Morgan fingerprint density at radius 2 is 1.93 bits per heavy atom. The van der Waals surface area contributed by atoms with Crippen LogP contribution in [-0.2, 0) is 23.5 Å². The van der Waals surface area contributed by atoms with Crippen molar-refractivity contribution in [1.82, 2.24) is 0 Å². The maximum atomic E-state index is 13.1. The van der Waals surface area contributed by atoms with Gasteiger partial charge in [-0.25, -0.2) is 4.79 Å². The number of rotatable bonds is 9. The molecule has 0 aliphatic heterocycles. The molecule has 0 aromatic heterocycles. The van der Waals surface area contributed by atoms with E-state index in [4.69, 9.17) is 9.16 Å². The molecule has 6 heteroatoms. The lowest BCUT2D eigenvalue weighted by Gasteiger charge is -2.34. The van der Waals surface area contributed by atoms with E-state index in [1.165, 1.54) is 14.0 Å². The smallest absolute Gasteiger partial charge is 0.344 e. The molecule has 0 N–H and O–H groups in total. The number of esters is 1. The van der Waals surface area contributed by atoms with E-state index in [1.54, 1.807) is 6.92 Å². The topological polar surface area (TPSA) is 69.7 Å². The van der Waals surface area contributed by atoms with Gasteiger partial charge in [0.2, 0.25) is 5.60 Å². The van der Waals surface area contributed by atoms with Crippen molar-refractivity contribution in [2.24, 2.45) is 17.8 Å². The van der Waals surface area contributed by atoms with Crippen LogP contribution in [0.15, 0.2) is 23.3 Å². The van der Waals surface area contributed by atoms with Gasteiger partial charge in [0, 0.05) is 11.8 Å². The Bertz CT molecular complexity index is 658. The van der Waals surface area contributed by atoms with Gasteiger partial charge in [-0.05, 0) is 57.8 Å². The van der Waals surface area contributed by atoms with Crippen molar-refractivity contribution in [3.8, 4) is 0 Å². The van der Waals surface area contributed by atoms with Crippen LogP contribution in [0.3, 0.4) is 0 Å². The number of hydrogen-bond acceptors (Lipinski definition) is 5. The van der Waals surface area contributed by atoms with Gasteiger partial charge in [-0.2, -0.15) is 0 Å². The van der Waals surface area contributed by atoms with Gasteiger partial charge in [0.1, 0.15) is 6.29 Å². The fourth-order valence-corrected chi connectivity index (χ4v) is 5.29. The quantitative estimate of drug-likeness (QED) is 0.194. The zero-order valence-corrected chi connectivity index (χ0v) is 19.0. The minimum absolute atomic E-state index is 0.0324. The number of Topliss-reactive ketones (excluding diaryl/α,β-unsaturated/α-hetero) is 1. The van der Waals surface area contributed by atoms with Crippen LogP contribution in [-0.4, -0.2) is 39.1 Å². The number of ether oxygens (including phenoxy) is 1. The number of carbonyl (C=O) groups excluding carboxylic acids is 3. The van der Waals surface area contributed by atoms with Gasteiger partial charge in [0.15, 0.2) is 14.1 Å². The molecule has 0 heterocycles. The number of allylic oxidation sites excluding steroid dienone is 3. The van der Waals surface area contributed by atoms with Gasteiger partial charge >= 0.3 is 5.97 Å². The highest BCUT2D eigenvalue weighted by Gasteiger charge is 2.48. The van der Waals surface area contributed by atoms with Crippen molar-refractivity contribution in [2.45, 2.75) is 65.8 Å². The first-order chi connectivity index (χ1) is 12.3. The monoisotopic (exact) mass is 394 g/mol. The van der Waals surface area contributed by atoms with Crippen molar-refractivity contribution < 1.29 is 23.5 Å². The van der Waals surface area contributed by atoms with E-state index >= 15 is 0 Å². The summed E-state index contributed by atoms with van der Waals surface area (Å²) >= 11 is 0. The second kappa shape index (κ2) is 8.65. The molecule has 5 nitrogen and oxygen atoms in total. The highest BCUT2D eigenvalue weighted by atomic mass is 28.4. The molecule has 0 saturated carbocycles. The molecule has 1 aliphatic carbocycles. The maximum absolute atomic E-state index is 13.1. The van der Waals surface area contributed by atoms with Crippen molar-refractivity contribution in [3.63, 3.8) is 0 Å². The van der Waals surface area contributed by atoms with E-state index in [0.29, 0.717) is 12.3 Å². The first-order valence-electron chi connectivity index (χ1n) is 9.44. The van der Waals surface area contributed by atoms with Crippen LogP contribution in [0.1, 0.15) is 40.5 Å². The Hall–Kier alpha value is -1.53. The molecule has 0 saturated heterocycles. The standard InChI is InChI=1S/C21H34O5Si/c1-13-11-17(18(12-22)16(13)4)14(2)10-15(3)19(23)21(5,20(24)25-6)26-27(7,8)9/h12-13,15,17H,2,10-11H2,1,3-9H3/t13-,15-,17-,21+/m1/s1. The summed E-state index contributed by atoms with van der Waals surface area (Å²) in [5.74, 6) is -1.16. The number of aldehydes is 1. The third kappa shape index (κ3) is 5.26. The lowest BCUT2D eigenvalue weighted by atomic mass is 9.82. The fourth-order valence-electron chi connectivity index (χ4n) is 3.88. The van der Waals surface area contributed by atoms with Crippen LogP contribution in [0.4, 0.5) is 0 Å². The summed E-state index contributed by atoms with van der Waals surface area (Å²) in [6.07, 6.45) is 2.15. The van der Waals surface area contributed by atoms with Gasteiger partial charge in [-0.15, -0.1) is 0 Å². The first-order valence-corrected chi connectivity index (χ1v) is 12.9. The SMILES string of the molecule is C=C(C[C@@H](C)C(=O)[C@](C)(O[Si](C)(C)C)C(=O)OC)[C@H]1C[C@@H](C)C(C)=C1C=O. The first kappa shape index (κ1) is 23.5. The predicted molar refractivity (Wildman–Crippen MR) is 109 cm³/mol. The zero-order chi connectivity index (χ0) is 21.2. The van der Waals surface area contributed by atoms with Crippen LogP contribution >= 0.6 is 0 Å². The van der Waals surface area contributed by atoms with Gasteiger partial charge in [0.05, 0.1) is 7.11 Å². The third-order valence-corrected chi connectivity index (χ3v) is 6.37. The Balaban J connectivity index is 3.01. The highest BCUT2D eigenvalue weighted by molar-refractivity contribution is 6.70. The Morgan fingerprint density at radius 3 is 2.37 bits per heavy atom. The minimum Gasteiger partial charge on any atom is -0.467 e. The molecule has 0 radical (unpaired) electrons. The third-order valence-electron chi connectivity index (χ3n) is 5.35. The zero-order valence-electron chi connectivity index (χ0n) is 18.0. The summed E-state index contributed by atoms with van der Waals surface area (Å²) in [6.45, 7) is 17.3. The maximum Gasteiger partial charge on any atom is 0.344 e. The summed E-state index contributed by atoms with van der Waals surface area (Å²) in [5, 5.41) is 0. The van der Waals surface area contributed by atoms with Crippen LogP contribution < -0.4 is 0 Å². The molecule has 152 valence electrons. The lowest BCUT2D eigenvalue weighted by Crippen LogP contribution is -2.54. The van der Waals surface area contributed by atoms with Gasteiger partial charge in [0.25, 0.3) is 0 Å². The molecule has 0 amide bonds. The van der Waals surface area contributed by atoms with Crippen molar-refractivity contribution >= 4 is 26.4 Å². The molecule has 0 aromatic carbocycles. The largest absolute Gasteiger partial charge is 0.467 e. The molecule has 1 rings (SSSR count). The Labute approximate surface area is 164 Å². The molecular weight excluding hydrogens is 360 g/mol. The molecule has 0 fully saturated rings. The van der Waals surface area contributed by atoms with Crippen LogP contribution in [0.5, 0.6) is 0 Å². The molecule has 27 heavy (non-hydrogen) atoms. The number of hydrogen-bond donors (Lipinski definition) is 0. The molecule has 0 bridgehead atoms. The van der Waals surface area contributed by atoms with E-state index in [0.717, 1.165) is 29.4 Å². The Morgan fingerprint density at radius 1 is 1.37 bits per heavy atom. The molecule has 0 spiro atoms. The molecule has 4 atom stereocenters. The van der Waals surface area contributed by atoms with Crippen molar-refractivity contribution in [2.75, 3.05) is 7.11 Å². The number of ketones is 1. The molecular formula is C21H34O5Si. The van der Waals surface area contributed by atoms with E-state index in [9.17, 15) is 14.4 Å². The summed E-state index contributed by atoms with van der Waals surface area (Å²) < 4.78 is 10.8. The average Bonchev–Trinajstić information content (AvgIpc) is 2.86. The second-order valence-corrected chi connectivity index (χ2v) is 13.2. The Kier molecular flexibility index (Phi) is 7.53. The van der Waals surface area contributed by atoms with E-state index in [-0.39, 0.29) is 11.7 Å².